The molecule has 0 bridgehead atoms. The van der Waals surface area contributed by atoms with Crippen molar-refractivity contribution >= 4 is 17.4 Å². The van der Waals surface area contributed by atoms with Crippen molar-refractivity contribution in [3.05, 3.63) is 10.6 Å². The van der Waals surface area contributed by atoms with Crippen LogP contribution in [0.1, 0.15) is 55.4 Å². The highest BCUT2D eigenvalue weighted by Gasteiger charge is 2.19. The van der Waals surface area contributed by atoms with Gasteiger partial charge in [-0.2, -0.15) is 0 Å². The highest BCUT2D eigenvalue weighted by atomic mass is 32.1. The summed E-state index contributed by atoms with van der Waals surface area (Å²) in [5.41, 5.74) is 0.752. The van der Waals surface area contributed by atoms with E-state index in [1.54, 1.807) is 0 Å². The zero-order valence-corrected chi connectivity index (χ0v) is 12.7. The standard InChI is InChI=1S/C13H23N3O2S/c1-4-7-10-12(19-16-15-10)13(18)14-8-11(17)9(5-2)6-3/h9,11,17H,4-8H2,1-3H3,(H,14,18). The number of nitrogens with zero attached hydrogens (tertiary/aromatic N) is 2. The maximum absolute atomic E-state index is 12.0. The Bertz CT molecular complexity index is 391. The van der Waals surface area contributed by atoms with Crippen LogP contribution in [-0.4, -0.2) is 33.2 Å². The Morgan fingerprint density at radius 3 is 2.63 bits per heavy atom. The van der Waals surface area contributed by atoms with Crippen LogP contribution in [0, 0.1) is 5.92 Å². The van der Waals surface area contributed by atoms with Crippen molar-refractivity contribution in [2.45, 2.75) is 52.6 Å². The topological polar surface area (TPSA) is 75.1 Å². The number of aliphatic hydroxyl groups excluding tert-OH is 1. The van der Waals surface area contributed by atoms with Crippen molar-refractivity contribution in [3.8, 4) is 0 Å². The van der Waals surface area contributed by atoms with E-state index in [9.17, 15) is 9.90 Å². The van der Waals surface area contributed by atoms with Gasteiger partial charge in [0.1, 0.15) is 4.88 Å². The molecular weight excluding hydrogens is 262 g/mol. The first kappa shape index (κ1) is 16.0. The van der Waals surface area contributed by atoms with Gasteiger partial charge in [-0.25, -0.2) is 0 Å². The summed E-state index contributed by atoms with van der Waals surface area (Å²) in [4.78, 5) is 12.6. The molecule has 0 aromatic carbocycles. The second-order valence-corrected chi connectivity index (χ2v) is 5.41. The fourth-order valence-electron chi connectivity index (χ4n) is 2.06. The van der Waals surface area contributed by atoms with Gasteiger partial charge in [0.25, 0.3) is 5.91 Å². The summed E-state index contributed by atoms with van der Waals surface area (Å²) < 4.78 is 3.82. The molecule has 0 saturated carbocycles. The summed E-state index contributed by atoms with van der Waals surface area (Å²) in [6, 6.07) is 0. The van der Waals surface area contributed by atoms with Crippen LogP contribution >= 0.6 is 11.5 Å². The molecule has 1 atom stereocenters. The van der Waals surface area contributed by atoms with Crippen LogP contribution < -0.4 is 5.32 Å². The molecule has 5 nitrogen and oxygen atoms in total. The molecule has 1 aromatic rings. The number of carbonyl (C=O) groups is 1. The minimum Gasteiger partial charge on any atom is -0.391 e. The zero-order valence-electron chi connectivity index (χ0n) is 11.8. The average Bonchev–Trinajstić information content (AvgIpc) is 2.86. The Morgan fingerprint density at radius 1 is 1.37 bits per heavy atom. The lowest BCUT2D eigenvalue weighted by molar-refractivity contribution is 0.0819. The van der Waals surface area contributed by atoms with Crippen molar-refractivity contribution in [2.24, 2.45) is 5.92 Å². The summed E-state index contributed by atoms with van der Waals surface area (Å²) in [6.07, 6.45) is 3.03. The lowest BCUT2D eigenvalue weighted by Gasteiger charge is -2.20. The number of aryl methyl sites for hydroxylation is 1. The Hall–Kier alpha value is -1.01. The zero-order chi connectivity index (χ0) is 14.3. The third kappa shape index (κ3) is 4.54. The number of carbonyl (C=O) groups excluding carboxylic acids is 1. The number of hydrogen-bond acceptors (Lipinski definition) is 5. The largest absolute Gasteiger partial charge is 0.391 e. The van der Waals surface area contributed by atoms with Crippen molar-refractivity contribution in [2.75, 3.05) is 6.54 Å². The summed E-state index contributed by atoms with van der Waals surface area (Å²) in [5.74, 6) is 0.0541. The van der Waals surface area contributed by atoms with E-state index >= 15 is 0 Å². The van der Waals surface area contributed by atoms with Gasteiger partial charge < -0.3 is 10.4 Å². The molecule has 2 N–H and O–H groups in total. The number of aliphatic hydroxyl groups is 1. The van der Waals surface area contributed by atoms with Crippen LogP contribution in [0.2, 0.25) is 0 Å². The predicted octanol–water partition coefficient (Wildman–Crippen LogP) is 2.02. The number of amides is 1. The molecule has 1 aromatic heterocycles. The minimum absolute atomic E-state index is 0.177. The van der Waals surface area contributed by atoms with Gasteiger partial charge in [0.2, 0.25) is 0 Å². The summed E-state index contributed by atoms with van der Waals surface area (Å²) in [7, 11) is 0. The van der Waals surface area contributed by atoms with Crippen LogP contribution in [0.4, 0.5) is 0 Å². The normalized spacial score (nSPS) is 12.7. The molecule has 0 aliphatic rings. The second-order valence-electron chi connectivity index (χ2n) is 4.65. The average molecular weight is 285 g/mol. The fraction of sp³-hybridized carbons (Fsp3) is 0.769. The molecule has 1 heterocycles. The van der Waals surface area contributed by atoms with Gasteiger partial charge in [0.05, 0.1) is 11.8 Å². The SMILES string of the molecule is CCCc1nnsc1C(=O)NCC(O)C(CC)CC. The number of nitrogens with one attached hydrogen (secondary N) is 1. The third-order valence-electron chi connectivity index (χ3n) is 3.31. The molecular formula is C13H23N3O2S. The van der Waals surface area contributed by atoms with E-state index in [0.29, 0.717) is 4.88 Å². The second kappa shape index (κ2) is 8.22. The minimum atomic E-state index is -0.491. The first-order valence-corrected chi connectivity index (χ1v) is 7.68. The van der Waals surface area contributed by atoms with Gasteiger partial charge in [0, 0.05) is 6.54 Å². The molecule has 0 spiro atoms. The van der Waals surface area contributed by atoms with Crippen LogP contribution in [0.3, 0.4) is 0 Å². The molecule has 0 saturated heterocycles. The van der Waals surface area contributed by atoms with E-state index in [4.69, 9.17) is 0 Å². The van der Waals surface area contributed by atoms with Crippen molar-refractivity contribution in [3.63, 3.8) is 0 Å². The predicted molar refractivity (Wildman–Crippen MR) is 76.3 cm³/mol. The van der Waals surface area contributed by atoms with Gasteiger partial charge in [-0.3, -0.25) is 4.79 Å². The monoisotopic (exact) mass is 285 g/mol. The molecule has 1 amide bonds. The van der Waals surface area contributed by atoms with E-state index in [0.717, 1.165) is 42.9 Å². The number of rotatable bonds is 8. The van der Waals surface area contributed by atoms with Crippen LogP contribution in [-0.2, 0) is 6.42 Å². The van der Waals surface area contributed by atoms with Gasteiger partial charge in [-0.15, -0.1) is 5.10 Å². The van der Waals surface area contributed by atoms with Crippen LogP contribution in [0.5, 0.6) is 0 Å². The Morgan fingerprint density at radius 2 is 2.05 bits per heavy atom. The highest BCUT2D eigenvalue weighted by molar-refractivity contribution is 7.08. The van der Waals surface area contributed by atoms with E-state index in [1.807, 2.05) is 20.8 Å². The van der Waals surface area contributed by atoms with Crippen LogP contribution in [0.15, 0.2) is 0 Å². The van der Waals surface area contributed by atoms with Gasteiger partial charge in [-0.1, -0.05) is 44.5 Å². The molecule has 0 fully saturated rings. The number of aromatic nitrogens is 2. The summed E-state index contributed by atoms with van der Waals surface area (Å²) in [5, 5.41) is 16.7. The fourth-order valence-corrected chi connectivity index (χ4v) is 2.68. The smallest absolute Gasteiger partial charge is 0.265 e. The Labute approximate surface area is 118 Å². The molecule has 108 valence electrons. The van der Waals surface area contributed by atoms with E-state index < -0.39 is 6.10 Å². The first-order valence-electron chi connectivity index (χ1n) is 6.91. The maximum Gasteiger partial charge on any atom is 0.265 e. The molecule has 1 unspecified atom stereocenters. The summed E-state index contributed by atoms with van der Waals surface area (Å²) in [6.45, 7) is 6.42. The van der Waals surface area contributed by atoms with Crippen molar-refractivity contribution in [1.82, 2.24) is 14.9 Å². The van der Waals surface area contributed by atoms with Crippen molar-refractivity contribution < 1.29 is 9.90 Å². The Kier molecular flexibility index (Phi) is 6.94. The first-order chi connectivity index (χ1) is 9.13. The van der Waals surface area contributed by atoms with Gasteiger partial charge in [-0.05, 0) is 23.9 Å². The summed E-state index contributed by atoms with van der Waals surface area (Å²) >= 11 is 1.11. The third-order valence-corrected chi connectivity index (χ3v) is 4.08. The number of hydrogen-bond donors (Lipinski definition) is 2. The lowest BCUT2D eigenvalue weighted by Crippen LogP contribution is -2.36. The van der Waals surface area contributed by atoms with E-state index in [2.05, 4.69) is 14.9 Å². The molecule has 0 aliphatic carbocycles. The van der Waals surface area contributed by atoms with Crippen molar-refractivity contribution in [1.29, 1.82) is 0 Å². The maximum atomic E-state index is 12.0. The van der Waals surface area contributed by atoms with Crippen LogP contribution in [0.25, 0.3) is 0 Å². The molecule has 0 radical (unpaired) electrons. The molecule has 19 heavy (non-hydrogen) atoms. The molecule has 1 rings (SSSR count). The van der Waals surface area contributed by atoms with E-state index in [1.165, 1.54) is 0 Å². The van der Waals surface area contributed by atoms with Gasteiger partial charge in [0.15, 0.2) is 0 Å². The highest BCUT2D eigenvalue weighted by Crippen LogP contribution is 2.14. The van der Waals surface area contributed by atoms with E-state index in [-0.39, 0.29) is 18.4 Å². The molecule has 0 aliphatic heterocycles. The quantitative estimate of drug-likeness (QED) is 0.766. The Balaban J connectivity index is 2.53. The lowest BCUT2D eigenvalue weighted by atomic mass is 9.96. The molecule has 6 heteroatoms. The van der Waals surface area contributed by atoms with Gasteiger partial charge >= 0.3 is 0 Å².